The molecule has 36 heavy (non-hydrogen) atoms. The maximum atomic E-state index is 13.4. The summed E-state index contributed by atoms with van der Waals surface area (Å²) in [5.74, 6) is 1.21. The van der Waals surface area contributed by atoms with Crippen molar-refractivity contribution in [1.29, 1.82) is 0 Å². The Balaban J connectivity index is 1.62. The number of anilines is 1. The largest absolute Gasteiger partial charge is 0.493 e. The highest BCUT2D eigenvalue weighted by atomic mass is 19.1. The maximum absolute atomic E-state index is 13.4. The molecule has 0 saturated heterocycles. The Bertz CT molecular complexity index is 1430. The first kappa shape index (κ1) is 23.2. The standard InChI is InChI=1S/C25H23FN6O4/c1-13-22-17(15-9-19(34-2)23(36-4)20(10-15)35-3)11-21(33)29-24(22)32(31-13)25-28-18(12-27-30-25)14-5-7-16(26)8-6-14/h5-10,12,17H,11H2,1-4H3,(H,29,33)/t17-/m0/s1. The number of carbonyl (C=O) groups is 1. The quantitative estimate of drug-likeness (QED) is 0.436. The lowest BCUT2D eigenvalue weighted by atomic mass is 9.85. The van der Waals surface area contributed by atoms with Crippen LogP contribution in [0.5, 0.6) is 17.2 Å². The second kappa shape index (κ2) is 9.25. The fraction of sp³-hybridized carbons (Fsp3) is 0.240. The number of halogens is 1. The third kappa shape index (κ3) is 3.98. The number of rotatable bonds is 6. The minimum atomic E-state index is -0.349. The Kier molecular flexibility index (Phi) is 5.96. The predicted molar refractivity (Wildman–Crippen MR) is 128 cm³/mol. The molecule has 1 amide bonds. The second-order valence-corrected chi connectivity index (χ2v) is 8.17. The van der Waals surface area contributed by atoms with Crippen LogP contribution in [0.3, 0.4) is 0 Å². The van der Waals surface area contributed by atoms with Crippen molar-refractivity contribution in [2.24, 2.45) is 0 Å². The van der Waals surface area contributed by atoms with Crippen LogP contribution < -0.4 is 19.5 Å². The molecule has 1 aliphatic heterocycles. The van der Waals surface area contributed by atoms with Crippen LogP contribution in [0, 0.1) is 12.7 Å². The van der Waals surface area contributed by atoms with Crippen molar-refractivity contribution in [3.8, 4) is 34.5 Å². The number of carbonyl (C=O) groups excluding carboxylic acids is 1. The Morgan fingerprint density at radius 2 is 1.75 bits per heavy atom. The Morgan fingerprint density at radius 3 is 2.39 bits per heavy atom. The highest BCUT2D eigenvalue weighted by molar-refractivity contribution is 5.95. The van der Waals surface area contributed by atoms with Crippen LogP contribution in [0.15, 0.2) is 42.6 Å². The van der Waals surface area contributed by atoms with Gasteiger partial charge in [-0.15, -0.1) is 5.10 Å². The van der Waals surface area contributed by atoms with Crippen LogP contribution in [-0.4, -0.2) is 52.2 Å². The summed E-state index contributed by atoms with van der Waals surface area (Å²) in [5, 5.41) is 15.7. The van der Waals surface area contributed by atoms with Crippen molar-refractivity contribution in [2.75, 3.05) is 26.6 Å². The van der Waals surface area contributed by atoms with E-state index in [2.05, 4.69) is 25.6 Å². The Morgan fingerprint density at radius 1 is 1.06 bits per heavy atom. The smallest absolute Gasteiger partial charge is 0.272 e. The number of hydrogen-bond acceptors (Lipinski definition) is 8. The van der Waals surface area contributed by atoms with Gasteiger partial charge in [0.15, 0.2) is 11.5 Å². The normalized spacial score (nSPS) is 14.7. The first-order chi connectivity index (χ1) is 17.4. The van der Waals surface area contributed by atoms with E-state index >= 15 is 0 Å². The molecule has 184 valence electrons. The molecule has 1 atom stereocenters. The minimum absolute atomic E-state index is 0.173. The molecule has 0 spiro atoms. The highest BCUT2D eigenvalue weighted by Gasteiger charge is 2.34. The topological polar surface area (TPSA) is 113 Å². The second-order valence-electron chi connectivity index (χ2n) is 8.17. The number of methoxy groups -OCH3 is 3. The van der Waals surface area contributed by atoms with E-state index in [1.807, 2.05) is 19.1 Å². The molecule has 1 aliphatic rings. The van der Waals surface area contributed by atoms with Crippen LogP contribution >= 0.6 is 0 Å². The lowest BCUT2D eigenvalue weighted by Crippen LogP contribution is -2.25. The first-order valence-corrected chi connectivity index (χ1v) is 11.1. The summed E-state index contributed by atoms with van der Waals surface area (Å²) in [5.41, 5.74) is 3.48. The molecule has 4 aromatic rings. The van der Waals surface area contributed by atoms with Gasteiger partial charge in [-0.1, -0.05) is 0 Å². The van der Waals surface area contributed by atoms with E-state index in [0.717, 1.165) is 11.1 Å². The molecule has 0 aliphatic carbocycles. The van der Waals surface area contributed by atoms with Gasteiger partial charge in [-0.05, 0) is 48.9 Å². The molecular formula is C25H23FN6O4. The molecule has 11 heteroatoms. The van der Waals surface area contributed by atoms with Gasteiger partial charge in [0, 0.05) is 23.5 Å². The number of fused-ring (bicyclic) bond motifs is 1. The molecule has 10 nitrogen and oxygen atoms in total. The van der Waals surface area contributed by atoms with Crippen LogP contribution in [-0.2, 0) is 4.79 Å². The van der Waals surface area contributed by atoms with Gasteiger partial charge < -0.3 is 19.5 Å². The van der Waals surface area contributed by atoms with Gasteiger partial charge in [0.25, 0.3) is 5.95 Å². The zero-order valence-corrected chi connectivity index (χ0v) is 20.1. The fourth-order valence-corrected chi connectivity index (χ4v) is 4.42. The monoisotopic (exact) mass is 490 g/mol. The summed E-state index contributed by atoms with van der Waals surface area (Å²) in [6.07, 6.45) is 1.68. The van der Waals surface area contributed by atoms with E-state index < -0.39 is 0 Å². The van der Waals surface area contributed by atoms with Crippen molar-refractivity contribution in [3.05, 3.63) is 65.2 Å². The van der Waals surface area contributed by atoms with Crippen LogP contribution in [0.2, 0.25) is 0 Å². The van der Waals surface area contributed by atoms with Crippen molar-refractivity contribution >= 4 is 11.7 Å². The summed E-state index contributed by atoms with van der Waals surface area (Å²) >= 11 is 0. The zero-order chi connectivity index (χ0) is 25.4. The molecule has 0 fully saturated rings. The number of nitrogens with zero attached hydrogens (tertiary/aromatic N) is 5. The molecule has 5 rings (SSSR count). The number of hydrogen-bond donors (Lipinski definition) is 1. The fourth-order valence-electron chi connectivity index (χ4n) is 4.42. The number of ether oxygens (including phenoxy) is 3. The summed E-state index contributed by atoms with van der Waals surface area (Å²) in [7, 11) is 4.62. The van der Waals surface area contributed by atoms with Gasteiger partial charge in [0.1, 0.15) is 11.6 Å². The van der Waals surface area contributed by atoms with E-state index in [1.165, 1.54) is 30.1 Å². The predicted octanol–water partition coefficient (Wildman–Crippen LogP) is 3.67. The molecule has 0 saturated carbocycles. The van der Waals surface area contributed by atoms with Crippen LogP contribution in [0.1, 0.15) is 29.2 Å². The molecule has 0 radical (unpaired) electrons. The van der Waals surface area contributed by atoms with Crippen LogP contribution in [0.4, 0.5) is 10.2 Å². The molecule has 1 N–H and O–H groups in total. The average Bonchev–Trinajstić information content (AvgIpc) is 3.23. The zero-order valence-electron chi connectivity index (χ0n) is 20.1. The summed E-state index contributed by atoms with van der Waals surface area (Å²) in [4.78, 5) is 17.4. The van der Waals surface area contributed by atoms with Crippen molar-refractivity contribution in [1.82, 2.24) is 25.0 Å². The number of nitrogens with one attached hydrogen (secondary N) is 1. The SMILES string of the molecule is COc1cc([C@@H]2CC(=O)Nc3c2c(C)nn3-c2nncc(-c3ccc(F)cc3)n2)cc(OC)c1OC. The van der Waals surface area contributed by atoms with Gasteiger partial charge in [0.2, 0.25) is 11.7 Å². The third-order valence-corrected chi connectivity index (χ3v) is 6.07. The lowest BCUT2D eigenvalue weighted by molar-refractivity contribution is -0.116. The van der Waals surface area contributed by atoms with Gasteiger partial charge in [-0.3, -0.25) is 4.79 Å². The van der Waals surface area contributed by atoms with Crippen molar-refractivity contribution in [2.45, 2.75) is 19.3 Å². The lowest BCUT2D eigenvalue weighted by Gasteiger charge is -2.25. The van der Waals surface area contributed by atoms with Crippen molar-refractivity contribution < 1.29 is 23.4 Å². The summed E-state index contributed by atoms with van der Waals surface area (Å²) < 4.78 is 31.3. The molecule has 3 heterocycles. The molecular weight excluding hydrogens is 467 g/mol. The van der Waals surface area contributed by atoms with E-state index in [4.69, 9.17) is 14.2 Å². The molecule has 2 aromatic carbocycles. The molecule has 0 unspecified atom stereocenters. The number of amides is 1. The maximum Gasteiger partial charge on any atom is 0.272 e. The summed E-state index contributed by atoms with van der Waals surface area (Å²) in [6.45, 7) is 1.86. The van der Waals surface area contributed by atoms with E-state index in [-0.39, 0.29) is 30.0 Å². The minimum Gasteiger partial charge on any atom is -0.493 e. The van der Waals surface area contributed by atoms with Gasteiger partial charge in [0.05, 0.1) is 38.9 Å². The third-order valence-electron chi connectivity index (χ3n) is 6.07. The number of aryl methyl sites for hydroxylation is 1. The van der Waals surface area contributed by atoms with E-state index in [9.17, 15) is 9.18 Å². The van der Waals surface area contributed by atoms with Gasteiger partial charge in [-0.2, -0.15) is 14.9 Å². The first-order valence-electron chi connectivity index (χ1n) is 11.1. The number of aromatic nitrogens is 5. The Labute approximate surface area is 206 Å². The average molecular weight is 490 g/mol. The van der Waals surface area contributed by atoms with Gasteiger partial charge in [-0.25, -0.2) is 9.37 Å². The van der Waals surface area contributed by atoms with E-state index in [0.29, 0.717) is 40.0 Å². The van der Waals surface area contributed by atoms with Gasteiger partial charge >= 0.3 is 0 Å². The van der Waals surface area contributed by atoms with Crippen LogP contribution in [0.25, 0.3) is 17.2 Å². The van der Waals surface area contributed by atoms with E-state index in [1.54, 1.807) is 26.4 Å². The molecule has 0 bridgehead atoms. The molecule has 2 aromatic heterocycles. The summed E-state index contributed by atoms with van der Waals surface area (Å²) in [6, 6.07) is 9.57. The van der Waals surface area contributed by atoms with Crippen molar-refractivity contribution in [3.63, 3.8) is 0 Å². The Hall–Kier alpha value is -4.54. The highest BCUT2D eigenvalue weighted by Crippen LogP contribution is 2.45. The number of benzene rings is 2.